The molecule has 0 bridgehead atoms. The standard InChI is InChI=1S/C16H25NOSi/c1-16(2,3)17-13-9-11-14-10-7-8-12-15(14)18-19(4,5)6/h7-13H,1-6H3/b11-9+,17-13?. The van der Waals surface area contributed by atoms with Crippen LogP contribution in [0.5, 0.6) is 5.75 Å². The third-order valence-corrected chi connectivity index (χ3v) is 2.99. The molecule has 0 aliphatic heterocycles. The Labute approximate surface area is 118 Å². The van der Waals surface area contributed by atoms with Crippen molar-refractivity contribution in [1.29, 1.82) is 0 Å². The van der Waals surface area contributed by atoms with E-state index in [1.807, 2.05) is 36.6 Å². The molecule has 2 nitrogen and oxygen atoms in total. The highest BCUT2D eigenvalue weighted by Gasteiger charge is 2.17. The quantitative estimate of drug-likeness (QED) is 0.572. The van der Waals surface area contributed by atoms with E-state index in [0.29, 0.717) is 0 Å². The fourth-order valence-electron chi connectivity index (χ4n) is 1.45. The normalized spacial score (nSPS) is 13.4. The molecule has 0 aliphatic carbocycles. The molecule has 0 spiro atoms. The van der Waals surface area contributed by atoms with Crippen molar-refractivity contribution < 1.29 is 4.43 Å². The average Bonchev–Trinajstić information content (AvgIpc) is 2.23. The largest absolute Gasteiger partial charge is 0.544 e. The Morgan fingerprint density at radius 2 is 1.74 bits per heavy atom. The van der Waals surface area contributed by atoms with E-state index in [1.54, 1.807) is 0 Å². The van der Waals surface area contributed by atoms with Gasteiger partial charge in [-0.15, -0.1) is 0 Å². The van der Waals surface area contributed by atoms with Crippen LogP contribution in [0.25, 0.3) is 6.08 Å². The van der Waals surface area contributed by atoms with Crippen LogP contribution >= 0.6 is 0 Å². The van der Waals surface area contributed by atoms with Crippen molar-refractivity contribution in [3.63, 3.8) is 0 Å². The molecule has 0 atom stereocenters. The van der Waals surface area contributed by atoms with E-state index in [1.165, 1.54) is 0 Å². The second-order valence-electron chi connectivity index (χ2n) is 6.56. The van der Waals surface area contributed by atoms with Crippen LogP contribution in [0.15, 0.2) is 35.3 Å². The second kappa shape index (κ2) is 6.20. The van der Waals surface area contributed by atoms with Crippen molar-refractivity contribution in [3.05, 3.63) is 35.9 Å². The molecule has 19 heavy (non-hydrogen) atoms. The highest BCUT2D eigenvalue weighted by Crippen LogP contribution is 2.22. The molecule has 1 rings (SSSR count). The van der Waals surface area contributed by atoms with Crippen molar-refractivity contribution in [2.75, 3.05) is 0 Å². The molecular formula is C16H25NOSi. The molecule has 0 aromatic heterocycles. The van der Waals surface area contributed by atoms with Gasteiger partial charge in [-0.3, -0.25) is 4.99 Å². The first kappa shape index (κ1) is 15.7. The van der Waals surface area contributed by atoms with Crippen molar-refractivity contribution >= 4 is 20.6 Å². The first-order chi connectivity index (χ1) is 8.67. The summed E-state index contributed by atoms with van der Waals surface area (Å²) in [6.07, 6.45) is 5.87. The smallest absolute Gasteiger partial charge is 0.242 e. The van der Waals surface area contributed by atoms with E-state index < -0.39 is 8.32 Å². The Bertz CT molecular complexity index is 464. The third kappa shape index (κ3) is 6.96. The molecule has 1 aromatic carbocycles. The molecule has 0 aliphatic rings. The van der Waals surface area contributed by atoms with E-state index in [2.05, 4.69) is 51.5 Å². The third-order valence-electron chi connectivity index (χ3n) is 2.16. The molecule has 0 radical (unpaired) electrons. The lowest BCUT2D eigenvalue weighted by Gasteiger charge is -2.20. The molecule has 104 valence electrons. The van der Waals surface area contributed by atoms with E-state index in [9.17, 15) is 0 Å². The lowest BCUT2D eigenvalue weighted by Crippen LogP contribution is -2.29. The summed E-state index contributed by atoms with van der Waals surface area (Å²) in [6, 6.07) is 8.13. The molecule has 1 aromatic rings. The van der Waals surface area contributed by atoms with Gasteiger partial charge in [0.15, 0.2) is 0 Å². The topological polar surface area (TPSA) is 21.6 Å². The number of rotatable bonds is 4. The van der Waals surface area contributed by atoms with E-state index >= 15 is 0 Å². The zero-order chi connectivity index (χ0) is 14.5. The van der Waals surface area contributed by atoms with Crippen LogP contribution in [0.2, 0.25) is 19.6 Å². The van der Waals surface area contributed by atoms with Crippen LogP contribution in [0.4, 0.5) is 0 Å². The maximum absolute atomic E-state index is 6.07. The lowest BCUT2D eigenvalue weighted by atomic mass is 10.1. The van der Waals surface area contributed by atoms with Crippen LogP contribution in [0, 0.1) is 0 Å². The number of hydrogen-bond acceptors (Lipinski definition) is 2. The summed E-state index contributed by atoms with van der Waals surface area (Å²) in [4.78, 5) is 4.43. The summed E-state index contributed by atoms with van der Waals surface area (Å²) in [5.41, 5.74) is 1.07. The van der Waals surface area contributed by atoms with Gasteiger partial charge in [0.25, 0.3) is 0 Å². The summed E-state index contributed by atoms with van der Waals surface area (Å²) in [5, 5.41) is 0. The van der Waals surface area contributed by atoms with E-state index in [4.69, 9.17) is 4.43 Å². The van der Waals surface area contributed by atoms with Gasteiger partial charge >= 0.3 is 0 Å². The number of para-hydroxylation sites is 1. The molecule has 0 N–H and O–H groups in total. The van der Waals surface area contributed by atoms with Crippen molar-refractivity contribution in [1.82, 2.24) is 0 Å². The number of aliphatic imine (C=N–C) groups is 1. The van der Waals surface area contributed by atoms with Crippen LogP contribution < -0.4 is 4.43 Å². The average molecular weight is 275 g/mol. The van der Waals surface area contributed by atoms with Gasteiger partial charge in [-0.1, -0.05) is 18.2 Å². The second-order valence-corrected chi connectivity index (χ2v) is 11.0. The predicted octanol–water partition coefficient (Wildman–Crippen LogP) is 4.78. The van der Waals surface area contributed by atoms with Crippen molar-refractivity contribution in [3.8, 4) is 5.75 Å². The number of benzene rings is 1. The summed E-state index contributed by atoms with van der Waals surface area (Å²) >= 11 is 0. The summed E-state index contributed by atoms with van der Waals surface area (Å²) < 4.78 is 6.07. The zero-order valence-electron chi connectivity index (χ0n) is 12.9. The minimum Gasteiger partial charge on any atom is -0.544 e. The highest BCUT2D eigenvalue weighted by molar-refractivity contribution is 6.70. The van der Waals surface area contributed by atoms with Gasteiger partial charge in [-0.2, -0.15) is 0 Å². The van der Waals surface area contributed by atoms with Crippen LogP contribution in [-0.2, 0) is 0 Å². The SMILES string of the molecule is CC(C)(C)N=C/C=C/c1ccccc1O[Si](C)(C)C. The fraction of sp³-hybridized carbons (Fsp3) is 0.438. The molecule has 0 saturated heterocycles. The Balaban J connectivity index is 2.84. The number of hydrogen-bond donors (Lipinski definition) is 0. The Morgan fingerprint density at radius 3 is 2.32 bits per heavy atom. The molecule has 0 amide bonds. The van der Waals surface area contributed by atoms with Crippen LogP contribution in [0.3, 0.4) is 0 Å². The monoisotopic (exact) mass is 275 g/mol. The van der Waals surface area contributed by atoms with Crippen LogP contribution in [-0.4, -0.2) is 20.1 Å². The summed E-state index contributed by atoms with van der Waals surface area (Å²) in [7, 11) is -1.57. The van der Waals surface area contributed by atoms with Gasteiger partial charge in [0, 0.05) is 11.8 Å². The van der Waals surface area contributed by atoms with Gasteiger partial charge in [-0.05, 0) is 58.6 Å². The van der Waals surface area contributed by atoms with E-state index in [0.717, 1.165) is 11.3 Å². The number of allylic oxidation sites excluding steroid dienone is 1. The molecule has 0 fully saturated rings. The Hall–Kier alpha value is -1.35. The van der Waals surface area contributed by atoms with Gasteiger partial charge < -0.3 is 4.43 Å². The first-order valence-corrected chi connectivity index (χ1v) is 10.1. The molecule has 3 heteroatoms. The Morgan fingerprint density at radius 1 is 1.11 bits per heavy atom. The van der Waals surface area contributed by atoms with Gasteiger partial charge in [0.1, 0.15) is 5.75 Å². The maximum Gasteiger partial charge on any atom is 0.242 e. The van der Waals surface area contributed by atoms with Crippen molar-refractivity contribution in [2.45, 2.75) is 46.0 Å². The van der Waals surface area contributed by atoms with Gasteiger partial charge in [-0.25, -0.2) is 0 Å². The van der Waals surface area contributed by atoms with Gasteiger partial charge in [0.05, 0.1) is 5.54 Å². The molecular weight excluding hydrogens is 250 g/mol. The maximum atomic E-state index is 6.07. The van der Waals surface area contributed by atoms with Crippen molar-refractivity contribution in [2.24, 2.45) is 4.99 Å². The van der Waals surface area contributed by atoms with Gasteiger partial charge in [0.2, 0.25) is 8.32 Å². The number of nitrogens with zero attached hydrogens (tertiary/aromatic N) is 1. The minimum atomic E-state index is -1.57. The zero-order valence-corrected chi connectivity index (χ0v) is 13.9. The fourth-order valence-corrected chi connectivity index (χ4v) is 2.30. The predicted molar refractivity (Wildman–Crippen MR) is 87.7 cm³/mol. The summed E-state index contributed by atoms with van der Waals surface area (Å²) in [6.45, 7) is 12.8. The highest BCUT2D eigenvalue weighted by atomic mass is 28.4. The summed E-state index contributed by atoms with van der Waals surface area (Å²) in [5.74, 6) is 0.960. The molecule has 0 unspecified atom stereocenters. The molecule has 0 heterocycles. The lowest BCUT2D eigenvalue weighted by molar-refractivity contribution is 0.556. The van der Waals surface area contributed by atoms with E-state index in [-0.39, 0.29) is 5.54 Å². The molecule has 0 saturated carbocycles. The minimum absolute atomic E-state index is 0.0291. The first-order valence-electron chi connectivity index (χ1n) is 6.67. The Kier molecular flexibility index (Phi) is 5.12. The van der Waals surface area contributed by atoms with Crippen LogP contribution in [0.1, 0.15) is 26.3 Å².